The van der Waals surface area contributed by atoms with Crippen LogP contribution in [0.2, 0.25) is 0 Å². The maximum absolute atomic E-state index is 5.88. The first-order valence-electron chi connectivity index (χ1n) is 6.78. The molecule has 0 atom stereocenters. The molecule has 104 valence electrons. The summed E-state index contributed by atoms with van der Waals surface area (Å²) < 4.78 is 10.6. The molecule has 3 rings (SSSR count). The standard InChI is InChI=1S/C14H21N2O2P/c1-17-14-8-12(2-3-13(14)15)19-6-4-16(5-7-19)11-9-18-10-11/h2-3,8,11H,4-7,9-10,15H2,1H3. The van der Waals surface area contributed by atoms with Crippen LogP contribution >= 0.6 is 7.92 Å². The SMILES string of the molecule is COc1cc(P2CCN(C3COC3)CC2)ccc1N. The molecule has 0 spiro atoms. The van der Waals surface area contributed by atoms with Crippen molar-refractivity contribution in [1.82, 2.24) is 4.90 Å². The van der Waals surface area contributed by atoms with E-state index in [1.807, 2.05) is 6.07 Å². The van der Waals surface area contributed by atoms with E-state index < -0.39 is 0 Å². The van der Waals surface area contributed by atoms with Crippen molar-refractivity contribution in [3.8, 4) is 5.75 Å². The average Bonchev–Trinajstić information content (AvgIpc) is 2.38. The summed E-state index contributed by atoms with van der Waals surface area (Å²) in [5.41, 5.74) is 6.61. The Hall–Kier alpha value is -0.830. The Balaban J connectivity index is 1.64. The van der Waals surface area contributed by atoms with E-state index in [0.717, 1.165) is 24.7 Å². The topological polar surface area (TPSA) is 47.7 Å². The molecule has 2 aliphatic rings. The van der Waals surface area contributed by atoms with Crippen molar-refractivity contribution in [2.45, 2.75) is 6.04 Å². The number of nitrogen functional groups attached to an aromatic ring is 1. The van der Waals surface area contributed by atoms with Crippen molar-refractivity contribution in [3.63, 3.8) is 0 Å². The zero-order valence-corrected chi connectivity index (χ0v) is 12.2. The van der Waals surface area contributed by atoms with E-state index in [9.17, 15) is 0 Å². The highest BCUT2D eigenvalue weighted by molar-refractivity contribution is 7.65. The quantitative estimate of drug-likeness (QED) is 0.665. The lowest BCUT2D eigenvalue weighted by atomic mass is 10.2. The first-order chi connectivity index (χ1) is 9.28. The summed E-state index contributed by atoms with van der Waals surface area (Å²) in [7, 11) is 1.63. The molecule has 2 N–H and O–H groups in total. The smallest absolute Gasteiger partial charge is 0.142 e. The molecule has 2 saturated heterocycles. The molecule has 0 aliphatic carbocycles. The number of nitrogens with zero attached hydrogens (tertiary/aromatic N) is 1. The van der Waals surface area contributed by atoms with E-state index in [4.69, 9.17) is 15.2 Å². The second-order valence-corrected chi connectivity index (χ2v) is 7.63. The lowest BCUT2D eigenvalue weighted by Gasteiger charge is -2.41. The van der Waals surface area contributed by atoms with Crippen LogP contribution in [0.5, 0.6) is 5.75 Å². The van der Waals surface area contributed by atoms with Crippen LogP contribution in [0, 0.1) is 0 Å². The second-order valence-electron chi connectivity index (χ2n) is 5.14. The van der Waals surface area contributed by atoms with E-state index in [-0.39, 0.29) is 7.92 Å². The van der Waals surface area contributed by atoms with E-state index >= 15 is 0 Å². The van der Waals surface area contributed by atoms with Crippen LogP contribution in [-0.2, 0) is 4.74 Å². The van der Waals surface area contributed by atoms with Crippen LogP contribution in [-0.4, -0.2) is 56.7 Å². The largest absolute Gasteiger partial charge is 0.495 e. The maximum atomic E-state index is 5.88. The Morgan fingerprint density at radius 2 is 2.05 bits per heavy atom. The van der Waals surface area contributed by atoms with Gasteiger partial charge in [-0.15, -0.1) is 0 Å². The van der Waals surface area contributed by atoms with Gasteiger partial charge in [-0.3, -0.25) is 4.90 Å². The lowest BCUT2D eigenvalue weighted by molar-refractivity contribution is -0.0617. The fourth-order valence-corrected chi connectivity index (χ4v) is 5.00. The Morgan fingerprint density at radius 1 is 1.32 bits per heavy atom. The van der Waals surface area contributed by atoms with Crippen molar-refractivity contribution in [2.75, 3.05) is 51.5 Å². The molecule has 2 heterocycles. The number of ether oxygens (including phenoxy) is 2. The van der Waals surface area contributed by atoms with Gasteiger partial charge in [0.2, 0.25) is 0 Å². The Kier molecular flexibility index (Phi) is 3.92. The van der Waals surface area contributed by atoms with Crippen LogP contribution in [0.25, 0.3) is 0 Å². The minimum Gasteiger partial charge on any atom is -0.495 e. The highest BCUT2D eigenvalue weighted by Crippen LogP contribution is 2.39. The molecule has 0 unspecified atom stereocenters. The van der Waals surface area contributed by atoms with E-state index in [0.29, 0.717) is 6.04 Å². The number of methoxy groups -OCH3 is 1. The lowest BCUT2D eigenvalue weighted by Crippen LogP contribution is -2.52. The summed E-state index contributed by atoms with van der Waals surface area (Å²) in [5.74, 6) is 0.815. The summed E-state index contributed by atoms with van der Waals surface area (Å²) in [6.07, 6.45) is 2.55. The van der Waals surface area contributed by atoms with Crippen molar-refractivity contribution in [2.24, 2.45) is 0 Å². The van der Waals surface area contributed by atoms with E-state index in [1.165, 1.54) is 30.7 Å². The molecule has 0 aromatic heterocycles. The van der Waals surface area contributed by atoms with Crippen LogP contribution in [0.1, 0.15) is 0 Å². The summed E-state index contributed by atoms with van der Waals surface area (Å²) in [6.45, 7) is 4.25. The molecule has 1 aromatic carbocycles. The normalized spacial score (nSPS) is 22.2. The third-order valence-electron chi connectivity index (χ3n) is 4.03. The van der Waals surface area contributed by atoms with Crippen molar-refractivity contribution < 1.29 is 9.47 Å². The van der Waals surface area contributed by atoms with Gasteiger partial charge in [0.05, 0.1) is 32.1 Å². The number of nitrogens with two attached hydrogens (primary N) is 1. The number of anilines is 1. The summed E-state index contributed by atoms with van der Waals surface area (Å²) in [6, 6.07) is 6.95. The molecule has 0 amide bonds. The van der Waals surface area contributed by atoms with Gasteiger partial charge >= 0.3 is 0 Å². The molecule has 0 bridgehead atoms. The fourth-order valence-electron chi connectivity index (χ4n) is 2.68. The van der Waals surface area contributed by atoms with Gasteiger partial charge in [0.25, 0.3) is 0 Å². The minimum absolute atomic E-state index is 0.0515. The third-order valence-corrected chi connectivity index (χ3v) is 6.52. The van der Waals surface area contributed by atoms with Crippen LogP contribution in [0.15, 0.2) is 18.2 Å². The molecule has 2 fully saturated rings. The van der Waals surface area contributed by atoms with Gasteiger partial charge in [-0.25, -0.2) is 0 Å². The third kappa shape index (κ3) is 2.71. The van der Waals surface area contributed by atoms with Crippen molar-refractivity contribution in [3.05, 3.63) is 18.2 Å². The van der Waals surface area contributed by atoms with Gasteiger partial charge in [-0.05, 0) is 29.8 Å². The fraction of sp³-hybridized carbons (Fsp3) is 0.571. The van der Waals surface area contributed by atoms with Gasteiger partial charge < -0.3 is 15.2 Å². The summed E-state index contributed by atoms with van der Waals surface area (Å²) >= 11 is 0. The summed E-state index contributed by atoms with van der Waals surface area (Å²) in [4.78, 5) is 2.58. The molecule has 4 nitrogen and oxygen atoms in total. The maximum Gasteiger partial charge on any atom is 0.142 e. The molecule has 2 aliphatic heterocycles. The van der Waals surface area contributed by atoms with Gasteiger partial charge in [0, 0.05) is 13.1 Å². The van der Waals surface area contributed by atoms with E-state index in [2.05, 4.69) is 17.0 Å². The highest BCUT2D eigenvalue weighted by atomic mass is 31.1. The molecular weight excluding hydrogens is 259 g/mol. The predicted molar refractivity (Wildman–Crippen MR) is 79.9 cm³/mol. The number of hydrogen-bond acceptors (Lipinski definition) is 4. The van der Waals surface area contributed by atoms with Crippen molar-refractivity contribution in [1.29, 1.82) is 0 Å². The van der Waals surface area contributed by atoms with E-state index in [1.54, 1.807) is 7.11 Å². The average molecular weight is 280 g/mol. The van der Waals surface area contributed by atoms with Gasteiger partial charge in [-0.2, -0.15) is 0 Å². The van der Waals surface area contributed by atoms with Crippen LogP contribution in [0.3, 0.4) is 0 Å². The molecule has 19 heavy (non-hydrogen) atoms. The number of hydrogen-bond donors (Lipinski definition) is 1. The number of rotatable bonds is 3. The van der Waals surface area contributed by atoms with Gasteiger partial charge in [0.1, 0.15) is 5.75 Å². The molecule has 0 radical (unpaired) electrons. The van der Waals surface area contributed by atoms with Crippen molar-refractivity contribution >= 4 is 18.9 Å². The molecule has 5 heteroatoms. The zero-order valence-electron chi connectivity index (χ0n) is 11.3. The second kappa shape index (κ2) is 5.66. The Labute approximate surface area is 115 Å². The first-order valence-corrected chi connectivity index (χ1v) is 8.49. The zero-order chi connectivity index (χ0) is 13.2. The van der Waals surface area contributed by atoms with Gasteiger partial charge in [-0.1, -0.05) is 14.0 Å². The molecule has 1 aromatic rings. The van der Waals surface area contributed by atoms with Crippen LogP contribution in [0.4, 0.5) is 5.69 Å². The monoisotopic (exact) mass is 280 g/mol. The first kappa shape index (κ1) is 13.2. The molecular formula is C14H21N2O2P. The predicted octanol–water partition coefficient (Wildman–Crippen LogP) is 1.10. The number of benzene rings is 1. The minimum atomic E-state index is -0.0515. The Bertz CT molecular complexity index is 443. The Morgan fingerprint density at radius 3 is 2.63 bits per heavy atom. The highest BCUT2D eigenvalue weighted by Gasteiger charge is 2.29. The van der Waals surface area contributed by atoms with Crippen LogP contribution < -0.4 is 15.8 Å². The molecule has 0 saturated carbocycles. The summed E-state index contributed by atoms with van der Waals surface area (Å²) in [5, 5.41) is 1.42. The van der Waals surface area contributed by atoms with Gasteiger partial charge in [0.15, 0.2) is 0 Å².